The largest absolute Gasteiger partial charge is 0.439 e. The van der Waals surface area contributed by atoms with Crippen LogP contribution in [0.2, 0.25) is 0 Å². The van der Waals surface area contributed by atoms with Crippen LogP contribution in [0.4, 0.5) is 0 Å². The van der Waals surface area contributed by atoms with Gasteiger partial charge in [-0.25, -0.2) is 4.98 Å². The van der Waals surface area contributed by atoms with E-state index in [1.165, 1.54) is 5.56 Å². The van der Waals surface area contributed by atoms with Crippen molar-refractivity contribution in [3.8, 4) is 0 Å². The average molecular weight is 379 g/mol. The summed E-state index contributed by atoms with van der Waals surface area (Å²) < 4.78 is 5.68. The highest BCUT2D eigenvalue weighted by atomic mass is 16.3. The average Bonchev–Trinajstić information content (AvgIpc) is 3.13. The van der Waals surface area contributed by atoms with Crippen LogP contribution in [0.1, 0.15) is 24.3 Å². The van der Waals surface area contributed by atoms with Gasteiger partial charge < -0.3 is 19.7 Å². The fraction of sp³-hybridized carbons (Fsp3) is 0.364. The number of oxazole rings is 1. The molecule has 6 heteroatoms. The Kier molecular flexibility index (Phi) is 5.41. The minimum Gasteiger partial charge on any atom is -0.439 e. The monoisotopic (exact) mass is 379 g/mol. The van der Waals surface area contributed by atoms with Gasteiger partial charge in [0.15, 0.2) is 11.2 Å². The summed E-state index contributed by atoms with van der Waals surface area (Å²) in [6.45, 7) is 1.87. The Labute approximate surface area is 164 Å². The van der Waals surface area contributed by atoms with Gasteiger partial charge in [-0.2, -0.15) is 0 Å². The summed E-state index contributed by atoms with van der Waals surface area (Å²) in [4.78, 5) is 19.0. The predicted octanol–water partition coefficient (Wildman–Crippen LogP) is 2.51. The van der Waals surface area contributed by atoms with Gasteiger partial charge in [-0.15, -0.1) is 0 Å². The molecule has 1 atom stereocenters. The molecule has 2 aromatic carbocycles. The normalized spacial score (nSPS) is 20.0. The zero-order valence-electron chi connectivity index (χ0n) is 15.8. The second-order valence-electron chi connectivity index (χ2n) is 7.34. The molecule has 1 amide bonds. The molecule has 0 radical (unpaired) electrons. The van der Waals surface area contributed by atoms with Crippen molar-refractivity contribution in [2.45, 2.75) is 31.4 Å². The Hall–Kier alpha value is -2.70. The highest BCUT2D eigenvalue weighted by Crippen LogP contribution is 2.23. The van der Waals surface area contributed by atoms with Crippen molar-refractivity contribution in [3.63, 3.8) is 0 Å². The SMILES string of the molecule is O=C1N(CCc2ccccc2)CCC[C@@]1(O)CNCc1nc2ccccc2o1. The maximum absolute atomic E-state index is 12.8. The van der Waals surface area contributed by atoms with Gasteiger partial charge in [-0.05, 0) is 37.0 Å². The minimum absolute atomic E-state index is 0.187. The van der Waals surface area contributed by atoms with Gasteiger partial charge in [0.05, 0.1) is 6.54 Å². The first-order valence-corrected chi connectivity index (χ1v) is 9.75. The van der Waals surface area contributed by atoms with Crippen molar-refractivity contribution in [1.82, 2.24) is 15.2 Å². The number of amides is 1. The lowest BCUT2D eigenvalue weighted by Gasteiger charge is -2.38. The van der Waals surface area contributed by atoms with Crippen molar-refractivity contribution in [3.05, 3.63) is 66.1 Å². The van der Waals surface area contributed by atoms with E-state index < -0.39 is 5.60 Å². The van der Waals surface area contributed by atoms with E-state index in [0.717, 1.165) is 23.9 Å². The first kappa shape index (κ1) is 18.7. The Bertz CT molecular complexity index is 907. The van der Waals surface area contributed by atoms with Gasteiger partial charge in [0.2, 0.25) is 5.89 Å². The summed E-state index contributed by atoms with van der Waals surface area (Å²) in [5.74, 6) is 0.355. The standard InChI is InChI=1S/C22H25N3O3/c26-21-22(27,12-6-13-25(21)14-11-17-7-2-1-3-8-17)16-23-15-20-24-18-9-4-5-10-19(18)28-20/h1-5,7-10,23,27H,6,11-16H2/t22-/m1/s1. The molecule has 0 bridgehead atoms. The molecule has 1 aliphatic heterocycles. The van der Waals surface area contributed by atoms with Gasteiger partial charge >= 0.3 is 0 Å². The van der Waals surface area contributed by atoms with E-state index in [0.29, 0.717) is 31.9 Å². The lowest BCUT2D eigenvalue weighted by molar-refractivity contribution is -0.156. The van der Waals surface area contributed by atoms with E-state index >= 15 is 0 Å². The molecule has 1 saturated heterocycles. The molecule has 1 aromatic heterocycles. The second-order valence-corrected chi connectivity index (χ2v) is 7.34. The summed E-state index contributed by atoms with van der Waals surface area (Å²) in [6, 6.07) is 17.7. The number of aliphatic hydroxyl groups is 1. The van der Waals surface area contributed by atoms with Crippen LogP contribution in [0, 0.1) is 0 Å². The fourth-order valence-electron chi connectivity index (χ4n) is 3.72. The van der Waals surface area contributed by atoms with Crippen LogP contribution < -0.4 is 5.32 Å². The molecule has 28 heavy (non-hydrogen) atoms. The molecule has 0 aliphatic carbocycles. The van der Waals surface area contributed by atoms with E-state index in [-0.39, 0.29) is 12.5 Å². The number of benzene rings is 2. The van der Waals surface area contributed by atoms with Crippen molar-refractivity contribution in [2.75, 3.05) is 19.6 Å². The third-order valence-corrected chi connectivity index (χ3v) is 5.25. The molecule has 0 saturated carbocycles. The minimum atomic E-state index is -1.37. The van der Waals surface area contributed by atoms with Crippen LogP contribution in [0.25, 0.3) is 11.1 Å². The van der Waals surface area contributed by atoms with Crippen LogP contribution in [-0.4, -0.2) is 46.1 Å². The topological polar surface area (TPSA) is 78.6 Å². The first-order valence-electron chi connectivity index (χ1n) is 9.75. The smallest absolute Gasteiger partial charge is 0.255 e. The molecule has 4 rings (SSSR count). The Morgan fingerprint density at radius 3 is 2.75 bits per heavy atom. The number of nitrogens with one attached hydrogen (secondary N) is 1. The number of aromatic nitrogens is 1. The molecule has 146 valence electrons. The number of carbonyl (C=O) groups excluding carboxylic acids is 1. The Balaban J connectivity index is 1.33. The molecule has 0 unspecified atom stereocenters. The molecule has 1 aliphatic rings. The van der Waals surface area contributed by atoms with Crippen molar-refractivity contribution >= 4 is 17.0 Å². The third kappa shape index (κ3) is 4.08. The lowest BCUT2D eigenvalue weighted by atomic mass is 9.91. The molecular formula is C22H25N3O3. The van der Waals surface area contributed by atoms with Crippen LogP contribution in [-0.2, 0) is 17.8 Å². The predicted molar refractivity (Wildman–Crippen MR) is 107 cm³/mol. The van der Waals surface area contributed by atoms with Gasteiger partial charge in [0.25, 0.3) is 5.91 Å². The molecule has 2 N–H and O–H groups in total. The summed E-state index contributed by atoms with van der Waals surface area (Å²) >= 11 is 0. The van der Waals surface area contributed by atoms with E-state index in [1.54, 1.807) is 4.90 Å². The number of para-hydroxylation sites is 2. The van der Waals surface area contributed by atoms with Crippen LogP contribution >= 0.6 is 0 Å². The number of fused-ring (bicyclic) bond motifs is 1. The van der Waals surface area contributed by atoms with Gasteiger partial charge in [0, 0.05) is 19.6 Å². The van der Waals surface area contributed by atoms with E-state index in [1.807, 2.05) is 42.5 Å². The van der Waals surface area contributed by atoms with Crippen LogP contribution in [0.3, 0.4) is 0 Å². The molecular weight excluding hydrogens is 354 g/mol. The molecule has 3 aromatic rings. The Morgan fingerprint density at radius 2 is 1.93 bits per heavy atom. The highest BCUT2D eigenvalue weighted by molar-refractivity contribution is 5.86. The van der Waals surface area contributed by atoms with Gasteiger partial charge in [-0.1, -0.05) is 42.5 Å². The molecule has 0 spiro atoms. The van der Waals surface area contributed by atoms with Gasteiger partial charge in [-0.3, -0.25) is 4.79 Å². The maximum atomic E-state index is 12.8. The number of rotatable bonds is 7. The molecule has 2 heterocycles. The lowest BCUT2D eigenvalue weighted by Crippen LogP contribution is -2.58. The third-order valence-electron chi connectivity index (χ3n) is 5.25. The maximum Gasteiger partial charge on any atom is 0.255 e. The number of carbonyl (C=O) groups is 1. The second kappa shape index (κ2) is 8.12. The number of hydrogen-bond acceptors (Lipinski definition) is 5. The first-order chi connectivity index (χ1) is 13.6. The zero-order chi connectivity index (χ0) is 19.4. The van der Waals surface area contributed by atoms with Crippen molar-refractivity contribution < 1.29 is 14.3 Å². The quantitative estimate of drug-likeness (QED) is 0.660. The van der Waals surface area contributed by atoms with Crippen molar-refractivity contribution in [1.29, 1.82) is 0 Å². The fourth-order valence-corrected chi connectivity index (χ4v) is 3.72. The highest BCUT2D eigenvalue weighted by Gasteiger charge is 2.41. The Morgan fingerprint density at radius 1 is 1.14 bits per heavy atom. The number of nitrogens with zero attached hydrogens (tertiary/aromatic N) is 2. The van der Waals surface area contributed by atoms with E-state index in [4.69, 9.17) is 4.42 Å². The summed E-state index contributed by atoms with van der Waals surface area (Å²) in [5, 5.41) is 14.1. The number of piperidine rings is 1. The number of likely N-dealkylation sites (tertiary alicyclic amines) is 1. The van der Waals surface area contributed by atoms with E-state index in [2.05, 4.69) is 22.4 Å². The summed E-state index contributed by atoms with van der Waals surface area (Å²) in [6.07, 6.45) is 2.05. The summed E-state index contributed by atoms with van der Waals surface area (Å²) in [7, 11) is 0. The van der Waals surface area contributed by atoms with Crippen molar-refractivity contribution in [2.24, 2.45) is 0 Å². The zero-order valence-corrected chi connectivity index (χ0v) is 15.8. The van der Waals surface area contributed by atoms with E-state index in [9.17, 15) is 9.90 Å². The molecule has 1 fully saturated rings. The summed E-state index contributed by atoms with van der Waals surface area (Å²) in [5.41, 5.74) is 1.36. The van der Waals surface area contributed by atoms with Crippen LogP contribution in [0.15, 0.2) is 59.0 Å². The molecule has 6 nitrogen and oxygen atoms in total. The van der Waals surface area contributed by atoms with Gasteiger partial charge in [0.1, 0.15) is 5.52 Å². The number of hydrogen-bond donors (Lipinski definition) is 2. The van der Waals surface area contributed by atoms with Crippen LogP contribution in [0.5, 0.6) is 0 Å².